The van der Waals surface area contributed by atoms with Gasteiger partial charge in [-0.2, -0.15) is 0 Å². The molecule has 2 N–H and O–H groups in total. The van der Waals surface area contributed by atoms with Crippen molar-refractivity contribution in [1.82, 2.24) is 9.80 Å². The second-order valence-corrected chi connectivity index (χ2v) is 6.11. The Hall–Kier alpha value is -0.160. The first-order valence-corrected chi connectivity index (χ1v) is 7.64. The van der Waals surface area contributed by atoms with Crippen molar-refractivity contribution < 1.29 is 4.74 Å². The average Bonchev–Trinajstić information content (AvgIpc) is 3.13. The fraction of sp³-hybridized carbons (Fsp3) is 1.00. The van der Waals surface area contributed by atoms with E-state index in [1.165, 1.54) is 51.9 Å². The molecule has 3 aliphatic heterocycles. The summed E-state index contributed by atoms with van der Waals surface area (Å²) in [4.78, 5) is 5.33. The van der Waals surface area contributed by atoms with Gasteiger partial charge in [0.25, 0.3) is 0 Å². The van der Waals surface area contributed by atoms with E-state index in [2.05, 4.69) is 9.80 Å². The number of likely N-dealkylation sites (tertiary alicyclic amines) is 2. The van der Waals surface area contributed by atoms with E-state index in [1.54, 1.807) is 0 Å². The maximum absolute atomic E-state index is 6.02. The number of rotatable bonds is 4. The minimum absolute atomic E-state index is 0.556. The zero-order valence-electron chi connectivity index (χ0n) is 11.4. The van der Waals surface area contributed by atoms with Crippen molar-refractivity contribution in [2.45, 2.75) is 37.8 Å². The molecular formula is C14H27N3O. The van der Waals surface area contributed by atoms with Gasteiger partial charge in [0.2, 0.25) is 0 Å². The molecule has 0 bridgehead atoms. The van der Waals surface area contributed by atoms with Crippen LogP contribution in [0, 0.1) is 5.92 Å². The Balaban J connectivity index is 1.55. The van der Waals surface area contributed by atoms with Gasteiger partial charge in [-0.15, -0.1) is 0 Å². The minimum atomic E-state index is 0.556. The molecule has 0 spiro atoms. The van der Waals surface area contributed by atoms with Gasteiger partial charge in [-0.3, -0.25) is 9.80 Å². The molecule has 0 aromatic heterocycles. The highest BCUT2D eigenvalue weighted by molar-refractivity contribution is 4.92. The van der Waals surface area contributed by atoms with Gasteiger partial charge >= 0.3 is 0 Å². The minimum Gasteiger partial charge on any atom is -0.381 e. The van der Waals surface area contributed by atoms with Crippen molar-refractivity contribution in [2.24, 2.45) is 11.7 Å². The Labute approximate surface area is 110 Å². The Bertz CT molecular complexity index is 262. The van der Waals surface area contributed by atoms with Gasteiger partial charge in [-0.05, 0) is 38.8 Å². The maximum atomic E-state index is 6.02. The van der Waals surface area contributed by atoms with Crippen molar-refractivity contribution in [2.75, 3.05) is 45.9 Å². The van der Waals surface area contributed by atoms with E-state index in [-0.39, 0.29) is 0 Å². The summed E-state index contributed by atoms with van der Waals surface area (Å²) in [5, 5.41) is 0. The molecule has 3 atom stereocenters. The first-order chi connectivity index (χ1) is 8.88. The van der Waals surface area contributed by atoms with Gasteiger partial charge in [0.15, 0.2) is 0 Å². The highest BCUT2D eigenvalue weighted by Gasteiger charge is 2.36. The largest absolute Gasteiger partial charge is 0.381 e. The van der Waals surface area contributed by atoms with E-state index in [1.807, 2.05) is 0 Å². The molecule has 4 nitrogen and oxygen atoms in total. The van der Waals surface area contributed by atoms with E-state index in [4.69, 9.17) is 10.5 Å². The topological polar surface area (TPSA) is 41.7 Å². The highest BCUT2D eigenvalue weighted by Crippen LogP contribution is 2.27. The Kier molecular flexibility index (Phi) is 4.19. The molecule has 3 heterocycles. The monoisotopic (exact) mass is 253 g/mol. The first-order valence-electron chi connectivity index (χ1n) is 7.64. The van der Waals surface area contributed by atoms with Crippen LogP contribution in [0.5, 0.6) is 0 Å². The first kappa shape index (κ1) is 12.9. The van der Waals surface area contributed by atoms with E-state index < -0.39 is 0 Å². The second-order valence-electron chi connectivity index (χ2n) is 6.11. The predicted molar refractivity (Wildman–Crippen MR) is 72.6 cm³/mol. The van der Waals surface area contributed by atoms with Crippen LogP contribution in [0.15, 0.2) is 0 Å². The summed E-state index contributed by atoms with van der Waals surface area (Å²) in [5.41, 5.74) is 6.02. The van der Waals surface area contributed by atoms with Gasteiger partial charge in [0, 0.05) is 44.2 Å². The van der Waals surface area contributed by atoms with Gasteiger partial charge < -0.3 is 10.5 Å². The molecule has 0 amide bonds. The SMILES string of the molecule is NCC(C1CCOC1)N1CCC(N2CCCC2)C1. The molecule has 0 aliphatic carbocycles. The third-order valence-electron chi connectivity index (χ3n) is 5.07. The van der Waals surface area contributed by atoms with Crippen LogP contribution in [-0.4, -0.2) is 67.8 Å². The van der Waals surface area contributed by atoms with Gasteiger partial charge in [0.1, 0.15) is 0 Å². The van der Waals surface area contributed by atoms with Crippen molar-refractivity contribution in [3.63, 3.8) is 0 Å². The molecule has 104 valence electrons. The quantitative estimate of drug-likeness (QED) is 0.793. The molecule has 4 heteroatoms. The lowest BCUT2D eigenvalue weighted by Crippen LogP contribution is -2.46. The second kappa shape index (κ2) is 5.87. The van der Waals surface area contributed by atoms with Crippen molar-refractivity contribution in [3.8, 4) is 0 Å². The van der Waals surface area contributed by atoms with Crippen LogP contribution < -0.4 is 5.73 Å². The summed E-state index contributed by atoms with van der Waals surface area (Å²) in [6.45, 7) is 7.76. The molecule has 0 aromatic rings. The fourth-order valence-electron chi connectivity index (χ4n) is 3.97. The molecule has 0 saturated carbocycles. The summed E-state index contributed by atoms with van der Waals surface area (Å²) in [5.74, 6) is 0.673. The number of hydrogen-bond donors (Lipinski definition) is 1. The third kappa shape index (κ3) is 2.57. The molecule has 3 fully saturated rings. The summed E-state index contributed by atoms with van der Waals surface area (Å²) in [7, 11) is 0. The lowest BCUT2D eigenvalue weighted by Gasteiger charge is -2.32. The van der Waals surface area contributed by atoms with Gasteiger partial charge in [0.05, 0.1) is 6.61 Å². The standard InChI is InChI=1S/C14H27N3O/c15-9-14(12-4-8-18-11-12)17-7-3-13(10-17)16-5-1-2-6-16/h12-14H,1-11,15H2. The van der Waals surface area contributed by atoms with Crippen LogP contribution in [0.1, 0.15) is 25.7 Å². The number of ether oxygens (including phenoxy) is 1. The predicted octanol–water partition coefficient (Wildman–Crippen LogP) is 0.520. The van der Waals surface area contributed by atoms with E-state index >= 15 is 0 Å². The Morgan fingerprint density at radius 1 is 1.17 bits per heavy atom. The average molecular weight is 253 g/mol. The summed E-state index contributed by atoms with van der Waals surface area (Å²) in [6, 6.07) is 1.35. The zero-order valence-corrected chi connectivity index (χ0v) is 11.4. The lowest BCUT2D eigenvalue weighted by atomic mass is 9.98. The molecule has 0 aromatic carbocycles. The molecule has 0 radical (unpaired) electrons. The molecule has 18 heavy (non-hydrogen) atoms. The molecular weight excluding hydrogens is 226 g/mol. The van der Waals surface area contributed by atoms with Crippen LogP contribution in [0.2, 0.25) is 0 Å². The molecule has 3 aliphatic rings. The number of nitrogens with two attached hydrogens (primary N) is 1. The molecule has 3 rings (SSSR count). The lowest BCUT2D eigenvalue weighted by molar-refractivity contribution is 0.131. The van der Waals surface area contributed by atoms with E-state index in [0.717, 1.165) is 25.8 Å². The molecule has 3 saturated heterocycles. The zero-order chi connectivity index (χ0) is 12.4. The normalized spacial score (nSPS) is 36.5. The van der Waals surface area contributed by atoms with Crippen LogP contribution in [-0.2, 0) is 4.74 Å². The number of hydrogen-bond acceptors (Lipinski definition) is 4. The summed E-state index contributed by atoms with van der Waals surface area (Å²) < 4.78 is 5.53. The van der Waals surface area contributed by atoms with Crippen LogP contribution in [0.4, 0.5) is 0 Å². The summed E-state index contributed by atoms with van der Waals surface area (Å²) in [6.07, 6.45) is 5.33. The molecule has 3 unspecified atom stereocenters. The van der Waals surface area contributed by atoms with Crippen molar-refractivity contribution in [3.05, 3.63) is 0 Å². The third-order valence-corrected chi connectivity index (χ3v) is 5.07. The van der Waals surface area contributed by atoms with Crippen molar-refractivity contribution >= 4 is 0 Å². The van der Waals surface area contributed by atoms with E-state index in [0.29, 0.717) is 12.0 Å². The number of nitrogens with zero attached hydrogens (tertiary/aromatic N) is 2. The van der Waals surface area contributed by atoms with Gasteiger partial charge in [-0.25, -0.2) is 0 Å². The van der Waals surface area contributed by atoms with Crippen LogP contribution in [0.3, 0.4) is 0 Å². The fourth-order valence-corrected chi connectivity index (χ4v) is 3.97. The van der Waals surface area contributed by atoms with Gasteiger partial charge in [-0.1, -0.05) is 0 Å². The summed E-state index contributed by atoms with van der Waals surface area (Å²) >= 11 is 0. The Morgan fingerprint density at radius 3 is 2.67 bits per heavy atom. The van der Waals surface area contributed by atoms with Crippen molar-refractivity contribution in [1.29, 1.82) is 0 Å². The Morgan fingerprint density at radius 2 is 2.00 bits per heavy atom. The van der Waals surface area contributed by atoms with Crippen LogP contribution in [0.25, 0.3) is 0 Å². The maximum Gasteiger partial charge on any atom is 0.0510 e. The smallest absolute Gasteiger partial charge is 0.0510 e. The van der Waals surface area contributed by atoms with E-state index in [9.17, 15) is 0 Å². The highest BCUT2D eigenvalue weighted by atomic mass is 16.5. The van der Waals surface area contributed by atoms with Crippen LogP contribution >= 0.6 is 0 Å².